The molecule has 34 heavy (non-hydrogen) atoms. The first-order chi connectivity index (χ1) is 16.2. The predicted octanol–water partition coefficient (Wildman–Crippen LogP) is 4.05. The van der Waals surface area contributed by atoms with Crippen LogP contribution in [0.2, 0.25) is 0 Å². The van der Waals surface area contributed by atoms with Gasteiger partial charge in [0, 0.05) is 17.7 Å². The molecule has 4 rings (SSSR count). The van der Waals surface area contributed by atoms with Gasteiger partial charge in [-0.3, -0.25) is 9.59 Å². The highest BCUT2D eigenvalue weighted by Gasteiger charge is 2.38. The first-order valence-electron chi connectivity index (χ1n) is 9.78. The number of anilines is 1. The van der Waals surface area contributed by atoms with Gasteiger partial charge in [-0.2, -0.15) is 0 Å². The zero-order chi connectivity index (χ0) is 24.6. The van der Waals surface area contributed by atoms with E-state index in [0.717, 1.165) is 23.5 Å². The molecule has 0 atom stereocenters. The second-order valence-electron chi connectivity index (χ2n) is 7.18. The number of carbonyl (C=O) groups is 3. The van der Waals surface area contributed by atoms with Crippen LogP contribution in [0.15, 0.2) is 35.7 Å². The number of carboxylic acid groups (broad SMARTS) is 1. The zero-order valence-corrected chi connectivity index (χ0v) is 18.7. The number of hydrogen-bond acceptors (Lipinski definition) is 7. The molecule has 1 aliphatic heterocycles. The minimum absolute atomic E-state index is 0.0274. The van der Waals surface area contributed by atoms with Gasteiger partial charge in [0.25, 0.3) is 5.91 Å². The number of fused-ring (bicyclic) bond motifs is 1. The summed E-state index contributed by atoms with van der Waals surface area (Å²) >= 11 is 0.820. The highest BCUT2D eigenvalue weighted by Crippen LogP contribution is 2.38. The summed E-state index contributed by atoms with van der Waals surface area (Å²) in [7, 11) is 2.68. The Bertz CT molecular complexity index is 1320. The number of amides is 2. The van der Waals surface area contributed by atoms with E-state index in [1.54, 1.807) is 0 Å². The van der Waals surface area contributed by atoms with Gasteiger partial charge in [-0.05, 0) is 29.1 Å². The number of rotatable bonds is 7. The Hall–Kier alpha value is -3.99. The van der Waals surface area contributed by atoms with Crippen molar-refractivity contribution in [3.05, 3.63) is 68.9 Å². The van der Waals surface area contributed by atoms with E-state index in [1.807, 2.05) is 0 Å². The summed E-state index contributed by atoms with van der Waals surface area (Å²) in [6, 6.07) is 5.89. The molecule has 1 N–H and O–H groups in total. The van der Waals surface area contributed by atoms with Crippen molar-refractivity contribution < 1.29 is 42.5 Å². The molecule has 3 aromatic rings. The van der Waals surface area contributed by atoms with E-state index in [-0.39, 0.29) is 40.5 Å². The van der Waals surface area contributed by atoms with Gasteiger partial charge in [0.05, 0.1) is 31.9 Å². The van der Waals surface area contributed by atoms with Crippen LogP contribution in [0.4, 0.5) is 14.5 Å². The Balaban J connectivity index is 1.72. The van der Waals surface area contributed by atoms with Crippen LogP contribution < -0.4 is 19.1 Å². The molecule has 2 aromatic carbocycles. The van der Waals surface area contributed by atoms with Crippen molar-refractivity contribution in [3.63, 3.8) is 0 Å². The molecule has 0 spiro atoms. The number of nitrogens with zero attached hydrogens (tertiary/aromatic N) is 1. The SMILES string of the molecule is COc1ccc(F)cc1COc1cc(N2C(=O)Cc3csc(C(=O)O)c3C2=O)c(F)cc1OC. The van der Waals surface area contributed by atoms with Gasteiger partial charge in [0.15, 0.2) is 17.3 Å². The third-order valence-corrected chi connectivity index (χ3v) is 6.19. The molecule has 2 heterocycles. The molecule has 0 aliphatic carbocycles. The smallest absolute Gasteiger partial charge is 0.346 e. The van der Waals surface area contributed by atoms with Gasteiger partial charge in [-0.25, -0.2) is 18.5 Å². The number of halogens is 2. The molecular formula is C23H17F2NO7S. The molecule has 0 fully saturated rings. The van der Waals surface area contributed by atoms with E-state index in [1.165, 1.54) is 37.8 Å². The number of thiophene rings is 1. The second kappa shape index (κ2) is 9.10. The first-order valence-corrected chi connectivity index (χ1v) is 10.7. The third-order valence-electron chi connectivity index (χ3n) is 5.17. The van der Waals surface area contributed by atoms with Gasteiger partial charge in [-0.1, -0.05) is 0 Å². The lowest BCUT2D eigenvalue weighted by Gasteiger charge is -2.26. The molecule has 11 heteroatoms. The lowest BCUT2D eigenvalue weighted by atomic mass is 10.0. The van der Waals surface area contributed by atoms with Crippen molar-refractivity contribution in [2.24, 2.45) is 0 Å². The standard InChI is InChI=1S/C23H17F2NO7S/c1-31-16-4-3-13(24)5-11(16)9-33-18-8-15(14(25)7-17(18)32-2)26-19(27)6-12-10-34-21(23(29)30)20(12)22(26)28/h3-5,7-8,10H,6,9H2,1-2H3,(H,29,30). The van der Waals surface area contributed by atoms with Crippen LogP contribution in [0.3, 0.4) is 0 Å². The number of hydrogen-bond donors (Lipinski definition) is 1. The monoisotopic (exact) mass is 489 g/mol. The minimum atomic E-state index is -1.32. The Morgan fingerprint density at radius 3 is 2.50 bits per heavy atom. The van der Waals surface area contributed by atoms with Crippen LogP contribution in [-0.2, 0) is 17.8 Å². The number of imide groups is 1. The summed E-state index contributed by atoms with van der Waals surface area (Å²) in [4.78, 5) is 37.7. The van der Waals surface area contributed by atoms with E-state index in [4.69, 9.17) is 14.2 Å². The van der Waals surface area contributed by atoms with Crippen LogP contribution in [0.5, 0.6) is 17.2 Å². The van der Waals surface area contributed by atoms with Crippen LogP contribution >= 0.6 is 11.3 Å². The maximum atomic E-state index is 15.0. The largest absolute Gasteiger partial charge is 0.496 e. The van der Waals surface area contributed by atoms with Crippen molar-refractivity contribution in [2.45, 2.75) is 13.0 Å². The Labute approximate surface area is 195 Å². The first kappa shape index (κ1) is 23.2. The molecule has 2 amide bonds. The van der Waals surface area contributed by atoms with Crippen molar-refractivity contribution >= 4 is 34.8 Å². The van der Waals surface area contributed by atoms with E-state index >= 15 is 0 Å². The lowest BCUT2D eigenvalue weighted by Crippen LogP contribution is -2.43. The second-order valence-corrected chi connectivity index (χ2v) is 8.06. The van der Waals surface area contributed by atoms with Crippen LogP contribution in [0, 0.1) is 11.6 Å². The van der Waals surface area contributed by atoms with E-state index in [2.05, 4.69) is 0 Å². The maximum Gasteiger partial charge on any atom is 0.346 e. The highest BCUT2D eigenvalue weighted by atomic mass is 32.1. The average Bonchev–Trinajstić information content (AvgIpc) is 3.23. The Morgan fingerprint density at radius 1 is 1.09 bits per heavy atom. The van der Waals surface area contributed by atoms with Crippen molar-refractivity contribution in [3.8, 4) is 17.2 Å². The molecule has 0 bridgehead atoms. The number of aromatic carboxylic acids is 1. The maximum absolute atomic E-state index is 15.0. The fourth-order valence-electron chi connectivity index (χ4n) is 3.61. The number of carboxylic acids is 1. The van der Waals surface area contributed by atoms with Gasteiger partial charge in [0.2, 0.25) is 5.91 Å². The van der Waals surface area contributed by atoms with Crippen LogP contribution in [-0.4, -0.2) is 37.1 Å². The average molecular weight is 489 g/mol. The number of benzene rings is 2. The predicted molar refractivity (Wildman–Crippen MR) is 117 cm³/mol. The minimum Gasteiger partial charge on any atom is -0.496 e. The highest BCUT2D eigenvalue weighted by molar-refractivity contribution is 7.12. The number of methoxy groups -OCH3 is 2. The molecule has 176 valence electrons. The molecular weight excluding hydrogens is 472 g/mol. The van der Waals surface area contributed by atoms with Gasteiger partial charge in [0.1, 0.15) is 23.1 Å². The lowest BCUT2D eigenvalue weighted by molar-refractivity contribution is -0.117. The van der Waals surface area contributed by atoms with Crippen molar-refractivity contribution in [1.29, 1.82) is 0 Å². The van der Waals surface area contributed by atoms with Gasteiger partial charge < -0.3 is 19.3 Å². The Kier molecular flexibility index (Phi) is 6.20. The van der Waals surface area contributed by atoms with Crippen LogP contribution in [0.1, 0.15) is 31.2 Å². The quantitative estimate of drug-likeness (QED) is 0.500. The molecule has 0 saturated heterocycles. The summed E-state index contributed by atoms with van der Waals surface area (Å²) in [6.45, 7) is -0.192. The fourth-order valence-corrected chi connectivity index (χ4v) is 4.51. The molecule has 0 saturated carbocycles. The Morgan fingerprint density at radius 2 is 1.82 bits per heavy atom. The molecule has 0 radical (unpaired) electrons. The van der Waals surface area contributed by atoms with Gasteiger partial charge >= 0.3 is 5.97 Å². The summed E-state index contributed by atoms with van der Waals surface area (Å²) < 4.78 is 44.7. The van der Waals surface area contributed by atoms with Crippen molar-refractivity contribution in [1.82, 2.24) is 0 Å². The zero-order valence-electron chi connectivity index (χ0n) is 17.9. The molecule has 8 nitrogen and oxygen atoms in total. The summed E-state index contributed by atoms with van der Waals surface area (Å²) in [6.07, 6.45) is -0.271. The molecule has 1 aromatic heterocycles. The summed E-state index contributed by atoms with van der Waals surface area (Å²) in [5.74, 6) is -4.18. The molecule has 1 aliphatic rings. The normalized spacial score (nSPS) is 13.0. The topological polar surface area (TPSA) is 102 Å². The number of ether oxygens (including phenoxy) is 3. The van der Waals surface area contributed by atoms with E-state index in [9.17, 15) is 28.3 Å². The van der Waals surface area contributed by atoms with Crippen molar-refractivity contribution in [2.75, 3.05) is 19.1 Å². The van der Waals surface area contributed by atoms with E-state index < -0.39 is 35.1 Å². The third kappa shape index (κ3) is 4.05. The summed E-state index contributed by atoms with van der Waals surface area (Å²) in [5.41, 5.74) is 0.0521. The van der Waals surface area contributed by atoms with E-state index in [0.29, 0.717) is 16.2 Å². The molecule has 0 unspecified atom stereocenters. The van der Waals surface area contributed by atoms with Gasteiger partial charge in [-0.15, -0.1) is 11.3 Å². The summed E-state index contributed by atoms with van der Waals surface area (Å²) in [5, 5.41) is 10.8. The number of carbonyl (C=O) groups excluding carboxylic acids is 2. The fraction of sp³-hybridized carbons (Fsp3) is 0.174. The van der Waals surface area contributed by atoms with Crippen LogP contribution in [0.25, 0.3) is 0 Å².